The third kappa shape index (κ3) is 3.11. The standard InChI is InChI=1S/C14H11ClN2O4/c1-8-5-6-10(15)12(7-8)16-11-4-2-3-9(14(18)19)13(11)17(20)21/h2-7,16H,1H3,(H,18,19). The number of nitrogens with zero attached hydrogens (tertiary/aromatic N) is 1. The van der Waals surface area contributed by atoms with Crippen molar-refractivity contribution in [1.82, 2.24) is 0 Å². The van der Waals surface area contributed by atoms with Gasteiger partial charge in [0.25, 0.3) is 0 Å². The predicted molar refractivity (Wildman–Crippen MR) is 79.5 cm³/mol. The van der Waals surface area contributed by atoms with Crippen LogP contribution in [0.1, 0.15) is 15.9 Å². The molecule has 0 aromatic heterocycles. The number of hydrogen-bond donors (Lipinski definition) is 2. The Kier molecular flexibility index (Phi) is 4.09. The fourth-order valence-corrected chi connectivity index (χ4v) is 2.06. The maximum Gasteiger partial charge on any atom is 0.342 e. The summed E-state index contributed by atoms with van der Waals surface area (Å²) in [5, 5.41) is 23.4. The largest absolute Gasteiger partial charge is 0.477 e. The molecule has 2 N–H and O–H groups in total. The van der Waals surface area contributed by atoms with Crippen LogP contribution >= 0.6 is 11.6 Å². The number of nitro benzene ring substituents is 1. The lowest BCUT2D eigenvalue weighted by molar-refractivity contribution is -0.384. The summed E-state index contributed by atoms with van der Waals surface area (Å²) < 4.78 is 0. The topological polar surface area (TPSA) is 92.5 Å². The van der Waals surface area contributed by atoms with E-state index in [0.29, 0.717) is 10.7 Å². The van der Waals surface area contributed by atoms with Gasteiger partial charge in [0.15, 0.2) is 0 Å². The lowest BCUT2D eigenvalue weighted by atomic mass is 10.1. The molecule has 2 aromatic carbocycles. The van der Waals surface area contributed by atoms with Crippen molar-refractivity contribution < 1.29 is 14.8 Å². The lowest BCUT2D eigenvalue weighted by Gasteiger charge is -2.10. The number of nitrogens with one attached hydrogen (secondary N) is 1. The number of hydrogen-bond acceptors (Lipinski definition) is 4. The van der Waals surface area contributed by atoms with Gasteiger partial charge in [0, 0.05) is 0 Å². The minimum absolute atomic E-state index is 0.0763. The van der Waals surface area contributed by atoms with Crippen molar-refractivity contribution in [2.45, 2.75) is 6.92 Å². The zero-order valence-corrected chi connectivity index (χ0v) is 11.7. The van der Waals surface area contributed by atoms with Crippen molar-refractivity contribution in [3.8, 4) is 0 Å². The number of carboxylic acids is 1. The minimum Gasteiger partial charge on any atom is -0.477 e. The Morgan fingerprint density at radius 3 is 2.62 bits per heavy atom. The molecule has 0 heterocycles. The van der Waals surface area contributed by atoms with Gasteiger partial charge in [0.05, 0.1) is 15.6 Å². The van der Waals surface area contributed by atoms with E-state index in [4.69, 9.17) is 16.7 Å². The fraction of sp³-hybridized carbons (Fsp3) is 0.0714. The highest BCUT2D eigenvalue weighted by atomic mass is 35.5. The van der Waals surface area contributed by atoms with Gasteiger partial charge in [0.1, 0.15) is 11.3 Å². The Balaban J connectivity index is 2.54. The summed E-state index contributed by atoms with van der Waals surface area (Å²) in [6.07, 6.45) is 0. The molecule has 0 saturated carbocycles. The first-order chi connectivity index (χ1) is 9.90. The summed E-state index contributed by atoms with van der Waals surface area (Å²) in [6.45, 7) is 1.85. The Morgan fingerprint density at radius 1 is 1.29 bits per heavy atom. The molecule has 2 aromatic rings. The molecule has 0 unspecified atom stereocenters. The number of aromatic carboxylic acids is 1. The van der Waals surface area contributed by atoms with Gasteiger partial charge in [-0.05, 0) is 36.8 Å². The van der Waals surface area contributed by atoms with Crippen molar-refractivity contribution in [3.05, 3.63) is 62.7 Å². The summed E-state index contributed by atoms with van der Waals surface area (Å²) in [4.78, 5) is 21.5. The van der Waals surface area contributed by atoms with Crippen molar-refractivity contribution in [2.75, 3.05) is 5.32 Å². The first-order valence-electron chi connectivity index (χ1n) is 5.94. The number of aryl methyl sites for hydroxylation is 1. The highest BCUT2D eigenvalue weighted by Crippen LogP contribution is 2.33. The number of para-hydroxylation sites is 1. The number of halogens is 1. The monoisotopic (exact) mass is 306 g/mol. The molecule has 0 amide bonds. The van der Waals surface area contributed by atoms with Crippen LogP contribution in [0.3, 0.4) is 0 Å². The van der Waals surface area contributed by atoms with Gasteiger partial charge in [0.2, 0.25) is 0 Å². The number of anilines is 2. The molecule has 7 heteroatoms. The zero-order chi connectivity index (χ0) is 15.6. The van der Waals surface area contributed by atoms with Gasteiger partial charge in [-0.3, -0.25) is 10.1 Å². The summed E-state index contributed by atoms with van der Waals surface area (Å²) in [6, 6.07) is 9.23. The summed E-state index contributed by atoms with van der Waals surface area (Å²) >= 11 is 6.03. The molecule has 0 radical (unpaired) electrons. The molecule has 21 heavy (non-hydrogen) atoms. The van der Waals surface area contributed by atoms with Crippen molar-refractivity contribution in [1.29, 1.82) is 0 Å². The Labute approximate surface area is 125 Å². The van der Waals surface area contributed by atoms with Crippen LogP contribution in [0.15, 0.2) is 36.4 Å². The number of rotatable bonds is 4. The van der Waals surface area contributed by atoms with Gasteiger partial charge >= 0.3 is 11.7 Å². The van der Waals surface area contributed by atoms with E-state index in [-0.39, 0.29) is 11.3 Å². The van der Waals surface area contributed by atoms with Crippen LogP contribution in [0.4, 0.5) is 17.1 Å². The highest BCUT2D eigenvalue weighted by molar-refractivity contribution is 6.33. The number of benzene rings is 2. The van der Waals surface area contributed by atoms with Gasteiger partial charge in [-0.25, -0.2) is 4.79 Å². The average molecular weight is 307 g/mol. The summed E-state index contributed by atoms with van der Waals surface area (Å²) in [7, 11) is 0. The van der Waals surface area contributed by atoms with Crippen LogP contribution in [0.2, 0.25) is 5.02 Å². The smallest absolute Gasteiger partial charge is 0.342 e. The molecule has 0 spiro atoms. The fourth-order valence-electron chi connectivity index (χ4n) is 1.89. The molecule has 0 fully saturated rings. The second-order valence-electron chi connectivity index (χ2n) is 4.37. The number of nitro groups is 1. The SMILES string of the molecule is Cc1ccc(Cl)c(Nc2cccc(C(=O)O)c2[N+](=O)[O-])c1. The summed E-state index contributed by atoms with van der Waals surface area (Å²) in [5.41, 5.74) is 0.588. The van der Waals surface area contributed by atoms with Crippen molar-refractivity contribution in [3.63, 3.8) is 0 Å². The second-order valence-corrected chi connectivity index (χ2v) is 4.78. The van der Waals surface area contributed by atoms with E-state index in [0.717, 1.165) is 5.56 Å². The molecular weight excluding hydrogens is 296 g/mol. The minimum atomic E-state index is -1.36. The van der Waals surface area contributed by atoms with Crippen LogP contribution < -0.4 is 5.32 Å². The molecule has 0 bridgehead atoms. The molecular formula is C14H11ClN2O4. The van der Waals surface area contributed by atoms with Crippen LogP contribution in [0.5, 0.6) is 0 Å². The van der Waals surface area contributed by atoms with Crippen LogP contribution in [-0.4, -0.2) is 16.0 Å². The van der Waals surface area contributed by atoms with E-state index in [1.807, 2.05) is 6.92 Å². The third-order valence-corrected chi connectivity index (χ3v) is 3.17. The molecule has 0 aliphatic heterocycles. The van der Waals surface area contributed by atoms with Gasteiger partial charge in [-0.2, -0.15) is 0 Å². The molecule has 0 aliphatic rings. The van der Waals surface area contributed by atoms with E-state index in [1.165, 1.54) is 18.2 Å². The molecule has 6 nitrogen and oxygen atoms in total. The van der Waals surface area contributed by atoms with Crippen molar-refractivity contribution >= 4 is 34.6 Å². The van der Waals surface area contributed by atoms with E-state index in [9.17, 15) is 14.9 Å². The van der Waals surface area contributed by atoms with Gasteiger partial charge in [-0.1, -0.05) is 23.7 Å². The van der Waals surface area contributed by atoms with Crippen LogP contribution in [-0.2, 0) is 0 Å². The number of carboxylic acid groups (broad SMARTS) is 1. The lowest BCUT2D eigenvalue weighted by Crippen LogP contribution is -2.05. The predicted octanol–water partition coefficient (Wildman–Crippen LogP) is 4.00. The van der Waals surface area contributed by atoms with Crippen molar-refractivity contribution in [2.24, 2.45) is 0 Å². The second kappa shape index (κ2) is 5.80. The van der Waals surface area contributed by atoms with E-state index >= 15 is 0 Å². The Hall–Kier alpha value is -2.60. The van der Waals surface area contributed by atoms with E-state index < -0.39 is 16.6 Å². The average Bonchev–Trinajstić information content (AvgIpc) is 2.42. The molecule has 0 saturated heterocycles. The van der Waals surface area contributed by atoms with Crippen LogP contribution in [0, 0.1) is 17.0 Å². The molecule has 2 rings (SSSR count). The number of carbonyl (C=O) groups is 1. The van der Waals surface area contributed by atoms with Gasteiger partial charge < -0.3 is 10.4 Å². The van der Waals surface area contributed by atoms with E-state index in [1.54, 1.807) is 18.2 Å². The molecule has 0 atom stereocenters. The molecule has 108 valence electrons. The maximum atomic E-state index is 11.2. The third-order valence-electron chi connectivity index (χ3n) is 2.84. The first-order valence-corrected chi connectivity index (χ1v) is 6.32. The van der Waals surface area contributed by atoms with E-state index in [2.05, 4.69) is 5.32 Å². The van der Waals surface area contributed by atoms with Crippen LogP contribution in [0.25, 0.3) is 0 Å². The Morgan fingerprint density at radius 2 is 2.00 bits per heavy atom. The normalized spacial score (nSPS) is 10.2. The Bertz CT molecular complexity index is 731. The summed E-state index contributed by atoms with van der Waals surface area (Å²) in [5.74, 6) is -1.36. The molecule has 0 aliphatic carbocycles. The highest BCUT2D eigenvalue weighted by Gasteiger charge is 2.24. The maximum absolute atomic E-state index is 11.2. The zero-order valence-electron chi connectivity index (χ0n) is 11.0. The van der Waals surface area contributed by atoms with Gasteiger partial charge in [-0.15, -0.1) is 0 Å². The first kappa shape index (κ1) is 14.8. The quantitative estimate of drug-likeness (QED) is 0.658.